The van der Waals surface area contributed by atoms with Gasteiger partial charge in [0.1, 0.15) is 0 Å². The van der Waals surface area contributed by atoms with Gasteiger partial charge in [-0.25, -0.2) is 0 Å². The van der Waals surface area contributed by atoms with E-state index in [2.05, 4.69) is 45.4 Å². The molecule has 0 unspecified atom stereocenters. The molecular formula is C23H34N4O2. The number of amides is 1. The van der Waals surface area contributed by atoms with Crippen LogP contribution in [0.2, 0.25) is 0 Å². The van der Waals surface area contributed by atoms with Gasteiger partial charge >= 0.3 is 0 Å². The molecule has 29 heavy (non-hydrogen) atoms. The number of anilines is 1. The monoisotopic (exact) mass is 398 g/mol. The number of hydrogen-bond acceptors (Lipinski definition) is 5. The van der Waals surface area contributed by atoms with Crippen molar-refractivity contribution in [3.63, 3.8) is 0 Å². The van der Waals surface area contributed by atoms with Gasteiger partial charge in [0, 0.05) is 38.6 Å². The Kier molecular flexibility index (Phi) is 6.38. The second-order valence-electron chi connectivity index (χ2n) is 8.76. The molecule has 0 atom stereocenters. The van der Waals surface area contributed by atoms with Crippen LogP contribution in [0.1, 0.15) is 51.0 Å². The first kappa shape index (κ1) is 20.2. The largest absolute Gasteiger partial charge is 0.354 e. The van der Waals surface area contributed by atoms with Crippen LogP contribution < -0.4 is 10.2 Å². The number of carbonyl (C=O) groups excluding carboxylic acids is 1. The SMILES string of the molecule is CCC(=O)NC1CCC(CCN2CCN(c3noc4cc(C)ccc34)CC2)CC1. The third kappa shape index (κ3) is 4.92. The second kappa shape index (κ2) is 9.16. The summed E-state index contributed by atoms with van der Waals surface area (Å²) in [7, 11) is 0. The third-order valence-corrected chi connectivity index (χ3v) is 6.67. The van der Waals surface area contributed by atoms with Crippen LogP contribution in [0.4, 0.5) is 5.82 Å². The summed E-state index contributed by atoms with van der Waals surface area (Å²) >= 11 is 0. The zero-order valence-corrected chi connectivity index (χ0v) is 17.8. The quantitative estimate of drug-likeness (QED) is 0.803. The summed E-state index contributed by atoms with van der Waals surface area (Å²) in [6.45, 7) is 9.37. The number of hydrogen-bond donors (Lipinski definition) is 1. The number of benzene rings is 1. The summed E-state index contributed by atoms with van der Waals surface area (Å²) in [5, 5.41) is 8.62. The van der Waals surface area contributed by atoms with Gasteiger partial charge in [-0.1, -0.05) is 18.1 Å². The fraction of sp³-hybridized carbons (Fsp3) is 0.652. The van der Waals surface area contributed by atoms with Gasteiger partial charge in [-0.2, -0.15) is 0 Å². The Morgan fingerprint density at radius 3 is 2.66 bits per heavy atom. The van der Waals surface area contributed by atoms with Crippen molar-refractivity contribution in [3.8, 4) is 0 Å². The highest BCUT2D eigenvalue weighted by molar-refractivity contribution is 5.89. The molecule has 4 rings (SSSR count). The van der Waals surface area contributed by atoms with Crippen LogP contribution >= 0.6 is 0 Å². The normalized spacial score (nSPS) is 23.4. The first-order valence-electron chi connectivity index (χ1n) is 11.2. The Hall–Kier alpha value is -2.08. The predicted molar refractivity (Wildman–Crippen MR) is 116 cm³/mol. The van der Waals surface area contributed by atoms with E-state index >= 15 is 0 Å². The molecule has 2 aliphatic rings. The highest BCUT2D eigenvalue weighted by Crippen LogP contribution is 2.29. The average Bonchev–Trinajstić information content (AvgIpc) is 3.16. The van der Waals surface area contributed by atoms with Gasteiger partial charge in [-0.15, -0.1) is 0 Å². The topological polar surface area (TPSA) is 61.6 Å². The van der Waals surface area contributed by atoms with Crippen molar-refractivity contribution in [2.45, 2.75) is 58.4 Å². The Bertz CT molecular complexity index is 817. The molecule has 1 saturated carbocycles. The summed E-state index contributed by atoms with van der Waals surface area (Å²) in [4.78, 5) is 16.5. The number of fused-ring (bicyclic) bond motifs is 1. The van der Waals surface area contributed by atoms with Crippen molar-refractivity contribution in [1.29, 1.82) is 0 Å². The lowest BCUT2D eigenvalue weighted by Crippen LogP contribution is -2.47. The van der Waals surface area contributed by atoms with Crippen LogP contribution in [-0.4, -0.2) is 54.7 Å². The Balaban J connectivity index is 1.20. The Morgan fingerprint density at radius 1 is 1.17 bits per heavy atom. The first-order valence-corrected chi connectivity index (χ1v) is 11.2. The van der Waals surface area contributed by atoms with E-state index < -0.39 is 0 Å². The maximum absolute atomic E-state index is 11.6. The number of rotatable bonds is 6. The van der Waals surface area contributed by atoms with Gasteiger partial charge in [0.05, 0.1) is 5.39 Å². The standard InChI is InChI=1S/C23H34N4O2/c1-3-22(28)24-19-7-5-18(6-8-19)10-11-26-12-14-27(15-13-26)23-20-9-4-17(2)16-21(20)29-25-23/h4,9,16,18-19H,3,5-8,10-15H2,1-2H3,(H,24,28). The van der Waals surface area contributed by atoms with Crippen LogP contribution in [0, 0.1) is 12.8 Å². The number of carbonyl (C=O) groups is 1. The molecule has 158 valence electrons. The van der Waals surface area contributed by atoms with Crippen molar-refractivity contribution in [1.82, 2.24) is 15.4 Å². The molecule has 0 radical (unpaired) electrons. The highest BCUT2D eigenvalue weighted by atomic mass is 16.5. The molecule has 1 aliphatic carbocycles. The van der Waals surface area contributed by atoms with Crippen molar-refractivity contribution in [2.75, 3.05) is 37.6 Å². The summed E-state index contributed by atoms with van der Waals surface area (Å²) in [5.41, 5.74) is 2.08. The van der Waals surface area contributed by atoms with Crippen LogP contribution in [0.5, 0.6) is 0 Å². The lowest BCUT2D eigenvalue weighted by molar-refractivity contribution is -0.121. The summed E-state index contributed by atoms with van der Waals surface area (Å²) in [6, 6.07) is 6.72. The van der Waals surface area contributed by atoms with Crippen LogP contribution in [0.25, 0.3) is 11.0 Å². The maximum Gasteiger partial charge on any atom is 0.219 e. The summed E-state index contributed by atoms with van der Waals surface area (Å²) in [5.74, 6) is 2.00. The number of aromatic nitrogens is 1. The average molecular weight is 399 g/mol. The fourth-order valence-corrected chi connectivity index (χ4v) is 4.73. The number of piperazine rings is 1. The van der Waals surface area contributed by atoms with Crippen LogP contribution in [0.3, 0.4) is 0 Å². The van der Waals surface area contributed by atoms with E-state index in [0.29, 0.717) is 12.5 Å². The molecule has 0 bridgehead atoms. The van der Waals surface area contributed by atoms with Crippen molar-refractivity contribution >= 4 is 22.7 Å². The summed E-state index contributed by atoms with van der Waals surface area (Å²) in [6.07, 6.45) is 6.65. The minimum absolute atomic E-state index is 0.196. The second-order valence-corrected chi connectivity index (χ2v) is 8.76. The molecule has 6 nitrogen and oxygen atoms in total. The van der Waals surface area contributed by atoms with Gasteiger partial charge in [-0.3, -0.25) is 9.69 Å². The molecule has 6 heteroatoms. The van der Waals surface area contributed by atoms with Gasteiger partial charge in [-0.05, 0) is 69.2 Å². The molecule has 1 N–H and O–H groups in total. The molecule has 1 aromatic carbocycles. The zero-order chi connectivity index (χ0) is 20.2. The first-order chi connectivity index (χ1) is 14.1. The van der Waals surface area contributed by atoms with Gasteiger partial charge in [0.15, 0.2) is 11.4 Å². The fourth-order valence-electron chi connectivity index (χ4n) is 4.73. The molecule has 2 aromatic rings. The van der Waals surface area contributed by atoms with E-state index in [9.17, 15) is 4.79 Å². The molecular weight excluding hydrogens is 364 g/mol. The van der Waals surface area contributed by atoms with Crippen molar-refractivity contribution < 1.29 is 9.32 Å². The number of nitrogens with one attached hydrogen (secondary N) is 1. The van der Waals surface area contributed by atoms with E-state index in [1.807, 2.05) is 6.92 Å². The minimum Gasteiger partial charge on any atom is -0.354 e. The molecule has 2 heterocycles. The van der Waals surface area contributed by atoms with Crippen LogP contribution in [0.15, 0.2) is 22.7 Å². The molecule has 1 amide bonds. The smallest absolute Gasteiger partial charge is 0.219 e. The van der Waals surface area contributed by atoms with E-state index in [1.54, 1.807) is 0 Å². The summed E-state index contributed by atoms with van der Waals surface area (Å²) < 4.78 is 5.55. The molecule has 1 aliphatic heterocycles. The van der Waals surface area contributed by atoms with E-state index in [4.69, 9.17) is 4.52 Å². The molecule has 2 fully saturated rings. The number of aryl methyl sites for hydroxylation is 1. The van der Waals surface area contributed by atoms with Gasteiger partial charge in [0.2, 0.25) is 5.91 Å². The van der Waals surface area contributed by atoms with Gasteiger partial charge < -0.3 is 14.7 Å². The van der Waals surface area contributed by atoms with E-state index in [1.165, 1.54) is 31.4 Å². The third-order valence-electron chi connectivity index (χ3n) is 6.67. The highest BCUT2D eigenvalue weighted by Gasteiger charge is 2.25. The van der Waals surface area contributed by atoms with Crippen molar-refractivity contribution in [3.05, 3.63) is 23.8 Å². The van der Waals surface area contributed by atoms with Crippen LogP contribution in [-0.2, 0) is 4.79 Å². The lowest BCUT2D eigenvalue weighted by Gasteiger charge is -2.36. The van der Waals surface area contributed by atoms with E-state index in [0.717, 1.165) is 61.7 Å². The van der Waals surface area contributed by atoms with Crippen molar-refractivity contribution in [2.24, 2.45) is 5.92 Å². The maximum atomic E-state index is 11.6. The molecule has 1 saturated heterocycles. The van der Waals surface area contributed by atoms with E-state index in [-0.39, 0.29) is 5.91 Å². The Morgan fingerprint density at radius 2 is 1.93 bits per heavy atom. The lowest BCUT2D eigenvalue weighted by atomic mass is 9.84. The zero-order valence-electron chi connectivity index (χ0n) is 17.8. The molecule has 0 spiro atoms. The number of nitrogens with zero attached hydrogens (tertiary/aromatic N) is 3. The molecule has 1 aromatic heterocycles. The predicted octanol–water partition coefficient (Wildman–Crippen LogP) is 3.73. The minimum atomic E-state index is 0.196. The van der Waals surface area contributed by atoms with Gasteiger partial charge in [0.25, 0.3) is 0 Å². The Labute approximate surface area is 173 Å².